The Bertz CT molecular complexity index is 707. The summed E-state index contributed by atoms with van der Waals surface area (Å²) >= 11 is 0. The molecule has 0 bridgehead atoms. The van der Waals surface area contributed by atoms with Gasteiger partial charge in [0.05, 0.1) is 4.90 Å². The van der Waals surface area contributed by atoms with Gasteiger partial charge in [0.2, 0.25) is 10.0 Å². The summed E-state index contributed by atoms with van der Waals surface area (Å²) in [6.07, 6.45) is 7.76. The average Bonchev–Trinajstić information content (AvgIpc) is 3.01. The van der Waals surface area contributed by atoms with E-state index in [4.69, 9.17) is 5.73 Å². The Morgan fingerprint density at radius 1 is 1.00 bits per heavy atom. The quantitative estimate of drug-likeness (QED) is 0.870. The van der Waals surface area contributed by atoms with Crippen molar-refractivity contribution in [3.63, 3.8) is 0 Å². The zero-order chi connectivity index (χ0) is 16.0. The Labute approximate surface area is 151 Å². The van der Waals surface area contributed by atoms with Gasteiger partial charge < -0.3 is 5.73 Å². The summed E-state index contributed by atoms with van der Waals surface area (Å²) in [6, 6.07) is 5.92. The predicted molar refractivity (Wildman–Crippen MR) is 97.9 cm³/mol. The monoisotopic (exact) mass is 370 g/mol. The molecule has 4 rings (SSSR count). The molecule has 3 aliphatic rings. The van der Waals surface area contributed by atoms with Crippen LogP contribution >= 0.6 is 12.4 Å². The van der Waals surface area contributed by atoms with Crippen LogP contribution in [0.2, 0.25) is 0 Å². The van der Waals surface area contributed by atoms with E-state index in [0.29, 0.717) is 29.8 Å². The number of aryl methyl sites for hydroxylation is 2. The van der Waals surface area contributed by atoms with Gasteiger partial charge in [-0.15, -0.1) is 12.4 Å². The first-order chi connectivity index (χ1) is 11.1. The van der Waals surface area contributed by atoms with Gasteiger partial charge in [0.1, 0.15) is 0 Å². The maximum atomic E-state index is 13.1. The van der Waals surface area contributed by atoms with E-state index in [1.807, 2.05) is 12.1 Å². The number of fused-ring (bicyclic) bond motifs is 2. The van der Waals surface area contributed by atoms with Crippen molar-refractivity contribution in [2.75, 3.05) is 13.1 Å². The normalized spacial score (nSPS) is 30.3. The molecule has 1 heterocycles. The third kappa shape index (κ3) is 3.12. The highest BCUT2D eigenvalue weighted by Gasteiger charge is 2.43. The molecule has 6 heteroatoms. The summed E-state index contributed by atoms with van der Waals surface area (Å²) in [5.74, 6) is 0.794. The molecule has 24 heavy (non-hydrogen) atoms. The van der Waals surface area contributed by atoms with Gasteiger partial charge in [-0.1, -0.05) is 12.5 Å². The van der Waals surface area contributed by atoms with E-state index in [9.17, 15) is 8.42 Å². The fourth-order valence-electron chi connectivity index (χ4n) is 4.69. The molecule has 1 aromatic rings. The van der Waals surface area contributed by atoms with E-state index in [0.717, 1.165) is 32.1 Å². The van der Waals surface area contributed by atoms with Gasteiger partial charge in [-0.25, -0.2) is 8.42 Å². The fourth-order valence-corrected chi connectivity index (χ4v) is 6.28. The van der Waals surface area contributed by atoms with E-state index in [1.54, 1.807) is 10.4 Å². The molecule has 2 N–H and O–H groups in total. The molecular formula is C18H27ClN2O2S. The number of halogens is 1. The van der Waals surface area contributed by atoms with Crippen LogP contribution in [0.15, 0.2) is 23.1 Å². The summed E-state index contributed by atoms with van der Waals surface area (Å²) in [7, 11) is -3.38. The Morgan fingerprint density at radius 2 is 1.75 bits per heavy atom. The second-order valence-corrected chi connectivity index (χ2v) is 9.42. The van der Waals surface area contributed by atoms with Crippen molar-refractivity contribution in [3.8, 4) is 0 Å². The number of rotatable bonds is 2. The van der Waals surface area contributed by atoms with Crippen LogP contribution in [-0.2, 0) is 22.9 Å². The van der Waals surface area contributed by atoms with Crippen molar-refractivity contribution >= 4 is 22.4 Å². The third-order valence-corrected chi connectivity index (χ3v) is 7.91. The van der Waals surface area contributed by atoms with Crippen LogP contribution in [0.3, 0.4) is 0 Å². The minimum atomic E-state index is -3.38. The number of sulfonamides is 1. The standard InChI is InChI=1S/C18H26N2O2S.ClH/c19-18-7-3-6-15-11-20(12-17(15)18)23(21,22)16-9-8-13-4-1-2-5-14(13)10-16;/h8-10,15,17-18H,1-7,11-12,19H2;1H. The van der Waals surface area contributed by atoms with Crippen LogP contribution in [-0.4, -0.2) is 31.9 Å². The van der Waals surface area contributed by atoms with E-state index in [1.165, 1.54) is 24.0 Å². The first-order valence-corrected chi connectivity index (χ1v) is 10.4. The topological polar surface area (TPSA) is 63.4 Å². The summed E-state index contributed by atoms with van der Waals surface area (Å²) in [5, 5.41) is 0. The van der Waals surface area contributed by atoms with E-state index < -0.39 is 10.0 Å². The van der Waals surface area contributed by atoms with Crippen LogP contribution < -0.4 is 5.73 Å². The summed E-state index contributed by atoms with van der Waals surface area (Å²) in [4.78, 5) is 0.477. The van der Waals surface area contributed by atoms with Crippen molar-refractivity contribution in [1.82, 2.24) is 4.31 Å². The number of hydrogen-bond donors (Lipinski definition) is 1. The molecule has 1 aromatic carbocycles. The number of nitrogens with zero attached hydrogens (tertiary/aromatic N) is 1. The van der Waals surface area contributed by atoms with Crippen LogP contribution in [0.5, 0.6) is 0 Å². The van der Waals surface area contributed by atoms with Gasteiger partial charge in [-0.2, -0.15) is 4.31 Å². The SMILES string of the molecule is Cl.NC1CCCC2CN(S(=O)(=O)c3ccc4c(c3)CCCC4)CC12. The Morgan fingerprint density at radius 3 is 2.50 bits per heavy atom. The van der Waals surface area contributed by atoms with Crippen LogP contribution in [0.25, 0.3) is 0 Å². The van der Waals surface area contributed by atoms with Gasteiger partial charge in [0.15, 0.2) is 0 Å². The molecule has 0 amide bonds. The molecule has 3 unspecified atom stereocenters. The molecule has 1 aliphatic heterocycles. The lowest BCUT2D eigenvalue weighted by Gasteiger charge is -2.29. The smallest absolute Gasteiger partial charge is 0.243 e. The highest BCUT2D eigenvalue weighted by atomic mass is 35.5. The molecule has 2 aliphatic carbocycles. The molecule has 0 radical (unpaired) electrons. The molecular weight excluding hydrogens is 344 g/mol. The predicted octanol–water partition coefficient (Wildman–Crippen LogP) is 2.74. The lowest BCUT2D eigenvalue weighted by atomic mass is 9.78. The number of nitrogens with two attached hydrogens (primary N) is 1. The van der Waals surface area contributed by atoms with Crippen molar-refractivity contribution in [3.05, 3.63) is 29.3 Å². The van der Waals surface area contributed by atoms with Crippen LogP contribution in [0.1, 0.15) is 43.2 Å². The number of benzene rings is 1. The molecule has 0 aromatic heterocycles. The van der Waals surface area contributed by atoms with Crippen molar-refractivity contribution in [1.29, 1.82) is 0 Å². The second-order valence-electron chi connectivity index (χ2n) is 7.48. The lowest BCUT2D eigenvalue weighted by molar-refractivity contribution is 0.260. The van der Waals surface area contributed by atoms with E-state index in [-0.39, 0.29) is 18.4 Å². The molecule has 1 saturated carbocycles. The Balaban J connectivity index is 0.00000169. The number of hydrogen-bond acceptors (Lipinski definition) is 3. The Kier molecular flexibility index (Phi) is 5.26. The molecule has 2 fully saturated rings. The minimum absolute atomic E-state index is 0. The maximum Gasteiger partial charge on any atom is 0.243 e. The summed E-state index contributed by atoms with van der Waals surface area (Å²) in [6.45, 7) is 1.25. The molecule has 0 spiro atoms. The van der Waals surface area contributed by atoms with Crippen molar-refractivity contribution in [2.45, 2.75) is 55.9 Å². The zero-order valence-corrected chi connectivity index (χ0v) is 15.6. The minimum Gasteiger partial charge on any atom is -0.327 e. The van der Waals surface area contributed by atoms with Gasteiger partial charge in [0.25, 0.3) is 0 Å². The molecule has 4 nitrogen and oxygen atoms in total. The highest BCUT2D eigenvalue weighted by Crippen LogP contribution is 2.38. The van der Waals surface area contributed by atoms with Crippen LogP contribution in [0.4, 0.5) is 0 Å². The maximum absolute atomic E-state index is 13.1. The first-order valence-electron chi connectivity index (χ1n) is 8.93. The van der Waals surface area contributed by atoms with Gasteiger partial charge >= 0.3 is 0 Å². The third-order valence-electron chi connectivity index (χ3n) is 6.08. The second kappa shape index (κ2) is 6.94. The van der Waals surface area contributed by atoms with Gasteiger partial charge in [0, 0.05) is 19.1 Å². The first kappa shape index (κ1) is 18.2. The van der Waals surface area contributed by atoms with E-state index >= 15 is 0 Å². The van der Waals surface area contributed by atoms with Gasteiger partial charge in [-0.05, 0) is 73.6 Å². The lowest BCUT2D eigenvalue weighted by Crippen LogP contribution is -2.38. The average molecular weight is 371 g/mol. The Hall–Kier alpha value is -0.620. The molecule has 3 atom stereocenters. The van der Waals surface area contributed by atoms with Crippen molar-refractivity contribution in [2.24, 2.45) is 17.6 Å². The van der Waals surface area contributed by atoms with Crippen LogP contribution in [0, 0.1) is 11.8 Å². The van der Waals surface area contributed by atoms with Gasteiger partial charge in [-0.3, -0.25) is 0 Å². The summed E-state index contributed by atoms with van der Waals surface area (Å²) < 4.78 is 27.8. The molecule has 1 saturated heterocycles. The van der Waals surface area contributed by atoms with E-state index in [2.05, 4.69) is 0 Å². The molecule has 134 valence electrons. The fraction of sp³-hybridized carbons (Fsp3) is 0.667. The summed E-state index contributed by atoms with van der Waals surface area (Å²) in [5.41, 5.74) is 8.79. The van der Waals surface area contributed by atoms with Crippen molar-refractivity contribution < 1.29 is 8.42 Å². The largest absolute Gasteiger partial charge is 0.327 e. The highest BCUT2D eigenvalue weighted by molar-refractivity contribution is 7.89. The zero-order valence-electron chi connectivity index (χ0n) is 14.0.